The Hall–Kier alpha value is -3.22. The number of methoxy groups -OCH3 is 1. The van der Waals surface area contributed by atoms with E-state index in [0.717, 1.165) is 5.76 Å². The standard InChI is InChI=1S/C18H19N3O4/c1-13(25-16-8-4-3-7-15(16)23-2)18(22)20-17-9-10-19-21(17)12-14-6-5-11-24-14/h3-11,13H,12H2,1-2H3,(H,20,22). The van der Waals surface area contributed by atoms with Crippen molar-refractivity contribution in [3.8, 4) is 11.5 Å². The first-order valence-corrected chi connectivity index (χ1v) is 7.82. The zero-order valence-electron chi connectivity index (χ0n) is 14.0. The highest BCUT2D eigenvalue weighted by Gasteiger charge is 2.18. The maximum absolute atomic E-state index is 12.4. The van der Waals surface area contributed by atoms with Crippen LogP contribution in [0.25, 0.3) is 0 Å². The minimum absolute atomic E-state index is 0.285. The van der Waals surface area contributed by atoms with Gasteiger partial charge >= 0.3 is 0 Å². The van der Waals surface area contributed by atoms with Crippen molar-refractivity contribution in [3.63, 3.8) is 0 Å². The third kappa shape index (κ3) is 4.00. The number of carbonyl (C=O) groups is 1. The molecule has 0 aliphatic heterocycles. The predicted octanol–water partition coefficient (Wildman–Crippen LogP) is 2.94. The quantitative estimate of drug-likeness (QED) is 0.715. The monoisotopic (exact) mass is 341 g/mol. The normalized spacial score (nSPS) is 11.8. The molecule has 0 aliphatic rings. The minimum Gasteiger partial charge on any atom is -0.493 e. The molecule has 2 heterocycles. The molecule has 0 radical (unpaired) electrons. The van der Waals surface area contributed by atoms with E-state index in [2.05, 4.69) is 10.4 Å². The Bertz CT molecular complexity index is 826. The molecule has 0 saturated carbocycles. The number of hydrogen-bond donors (Lipinski definition) is 1. The number of amides is 1. The van der Waals surface area contributed by atoms with Gasteiger partial charge in [0.05, 0.1) is 19.6 Å². The first-order chi connectivity index (χ1) is 12.2. The van der Waals surface area contributed by atoms with Gasteiger partial charge in [0.1, 0.15) is 18.1 Å². The number of benzene rings is 1. The molecule has 0 fully saturated rings. The van der Waals surface area contributed by atoms with Gasteiger partial charge in [-0.1, -0.05) is 12.1 Å². The van der Waals surface area contributed by atoms with Gasteiger partial charge in [-0.2, -0.15) is 5.10 Å². The lowest BCUT2D eigenvalue weighted by atomic mass is 10.3. The second-order valence-electron chi connectivity index (χ2n) is 5.35. The third-order valence-electron chi connectivity index (χ3n) is 3.60. The second kappa shape index (κ2) is 7.57. The van der Waals surface area contributed by atoms with Crippen molar-refractivity contribution in [3.05, 3.63) is 60.7 Å². The number of nitrogens with one attached hydrogen (secondary N) is 1. The molecule has 1 atom stereocenters. The van der Waals surface area contributed by atoms with Crippen LogP contribution < -0.4 is 14.8 Å². The summed E-state index contributed by atoms with van der Waals surface area (Å²) in [4.78, 5) is 12.4. The SMILES string of the molecule is COc1ccccc1OC(C)C(=O)Nc1ccnn1Cc1ccco1. The minimum atomic E-state index is -0.705. The fourth-order valence-corrected chi connectivity index (χ4v) is 2.30. The molecule has 1 amide bonds. The molecule has 3 rings (SSSR count). The molecule has 7 nitrogen and oxygen atoms in total. The number of furan rings is 1. The van der Waals surface area contributed by atoms with Crippen LogP contribution in [0.15, 0.2) is 59.3 Å². The number of hydrogen-bond acceptors (Lipinski definition) is 5. The van der Waals surface area contributed by atoms with E-state index < -0.39 is 6.10 Å². The molecule has 7 heteroatoms. The molecule has 0 aliphatic carbocycles. The van der Waals surface area contributed by atoms with Crippen molar-refractivity contribution >= 4 is 11.7 Å². The van der Waals surface area contributed by atoms with Gasteiger partial charge in [0.2, 0.25) is 0 Å². The van der Waals surface area contributed by atoms with Crippen molar-refractivity contribution in [1.29, 1.82) is 0 Å². The van der Waals surface area contributed by atoms with Crippen LogP contribution in [0.1, 0.15) is 12.7 Å². The molecule has 3 aromatic rings. The molecular weight excluding hydrogens is 322 g/mol. The Morgan fingerprint density at radius 1 is 1.24 bits per heavy atom. The van der Waals surface area contributed by atoms with Crippen LogP contribution in [-0.2, 0) is 11.3 Å². The summed E-state index contributed by atoms with van der Waals surface area (Å²) >= 11 is 0. The maximum atomic E-state index is 12.4. The first-order valence-electron chi connectivity index (χ1n) is 7.82. The van der Waals surface area contributed by atoms with Crippen molar-refractivity contribution in [2.24, 2.45) is 0 Å². The summed E-state index contributed by atoms with van der Waals surface area (Å²) in [6.45, 7) is 2.10. The van der Waals surface area contributed by atoms with Gasteiger partial charge in [-0.3, -0.25) is 4.79 Å². The van der Waals surface area contributed by atoms with Crippen LogP contribution in [-0.4, -0.2) is 28.9 Å². The number of ether oxygens (including phenoxy) is 2. The molecule has 0 spiro atoms. The molecule has 2 aromatic heterocycles. The van der Waals surface area contributed by atoms with Gasteiger partial charge in [0.25, 0.3) is 5.91 Å². The summed E-state index contributed by atoms with van der Waals surface area (Å²) in [6.07, 6.45) is 2.51. The first kappa shape index (κ1) is 16.6. The molecule has 25 heavy (non-hydrogen) atoms. The van der Waals surface area contributed by atoms with Crippen LogP contribution in [0.5, 0.6) is 11.5 Å². The van der Waals surface area contributed by atoms with E-state index in [1.807, 2.05) is 18.2 Å². The zero-order valence-corrected chi connectivity index (χ0v) is 14.0. The van der Waals surface area contributed by atoms with Crippen LogP contribution in [0.4, 0.5) is 5.82 Å². The summed E-state index contributed by atoms with van der Waals surface area (Å²) in [7, 11) is 1.56. The van der Waals surface area contributed by atoms with Gasteiger partial charge in [0, 0.05) is 6.07 Å². The number of aromatic nitrogens is 2. The second-order valence-corrected chi connectivity index (χ2v) is 5.35. The number of rotatable bonds is 7. The molecule has 1 N–H and O–H groups in total. The lowest BCUT2D eigenvalue weighted by molar-refractivity contribution is -0.122. The summed E-state index contributed by atoms with van der Waals surface area (Å²) in [5.74, 6) is 2.11. The van der Waals surface area contributed by atoms with Crippen molar-refractivity contribution in [1.82, 2.24) is 9.78 Å². The fraction of sp³-hybridized carbons (Fsp3) is 0.222. The number of anilines is 1. The van der Waals surface area contributed by atoms with Crippen LogP contribution in [0.3, 0.4) is 0 Å². The summed E-state index contributed by atoms with van der Waals surface area (Å²) < 4.78 is 17.9. The van der Waals surface area contributed by atoms with Crippen LogP contribution in [0.2, 0.25) is 0 Å². The van der Waals surface area contributed by atoms with Gasteiger partial charge in [0.15, 0.2) is 17.6 Å². The number of nitrogens with zero attached hydrogens (tertiary/aromatic N) is 2. The van der Waals surface area contributed by atoms with Crippen LogP contribution >= 0.6 is 0 Å². The lowest BCUT2D eigenvalue weighted by Crippen LogP contribution is -2.31. The highest BCUT2D eigenvalue weighted by molar-refractivity contribution is 5.93. The Balaban J connectivity index is 1.65. The van der Waals surface area contributed by atoms with Gasteiger partial charge in [-0.15, -0.1) is 0 Å². The Kier molecular flexibility index (Phi) is 5.03. The fourth-order valence-electron chi connectivity index (χ4n) is 2.30. The van der Waals surface area contributed by atoms with E-state index >= 15 is 0 Å². The molecule has 0 bridgehead atoms. The summed E-state index contributed by atoms with van der Waals surface area (Å²) in [5.41, 5.74) is 0. The Morgan fingerprint density at radius 3 is 2.76 bits per heavy atom. The molecule has 0 saturated heterocycles. The summed E-state index contributed by atoms with van der Waals surface area (Å²) in [6, 6.07) is 12.6. The van der Waals surface area contributed by atoms with Crippen molar-refractivity contribution in [2.75, 3.05) is 12.4 Å². The number of para-hydroxylation sites is 2. The van der Waals surface area contributed by atoms with Crippen molar-refractivity contribution in [2.45, 2.75) is 19.6 Å². The summed E-state index contributed by atoms with van der Waals surface area (Å²) in [5, 5.41) is 7.01. The van der Waals surface area contributed by atoms with E-state index in [9.17, 15) is 4.79 Å². The average molecular weight is 341 g/mol. The smallest absolute Gasteiger partial charge is 0.266 e. The van der Waals surface area contributed by atoms with E-state index in [4.69, 9.17) is 13.9 Å². The highest BCUT2D eigenvalue weighted by Crippen LogP contribution is 2.27. The Morgan fingerprint density at radius 2 is 2.04 bits per heavy atom. The highest BCUT2D eigenvalue weighted by atomic mass is 16.5. The van der Waals surface area contributed by atoms with Gasteiger partial charge < -0.3 is 19.2 Å². The number of carbonyl (C=O) groups excluding carboxylic acids is 1. The van der Waals surface area contributed by atoms with E-state index in [1.54, 1.807) is 55.4 Å². The van der Waals surface area contributed by atoms with Gasteiger partial charge in [-0.05, 0) is 31.2 Å². The Labute approximate surface area is 145 Å². The van der Waals surface area contributed by atoms with Crippen molar-refractivity contribution < 1.29 is 18.7 Å². The molecular formula is C18H19N3O4. The predicted molar refractivity (Wildman–Crippen MR) is 91.8 cm³/mol. The lowest BCUT2D eigenvalue weighted by Gasteiger charge is -2.17. The topological polar surface area (TPSA) is 78.5 Å². The van der Waals surface area contributed by atoms with E-state index in [-0.39, 0.29) is 5.91 Å². The van der Waals surface area contributed by atoms with E-state index in [0.29, 0.717) is 23.9 Å². The molecule has 1 aromatic carbocycles. The zero-order chi connectivity index (χ0) is 17.6. The maximum Gasteiger partial charge on any atom is 0.266 e. The average Bonchev–Trinajstić information content (AvgIpc) is 3.28. The van der Waals surface area contributed by atoms with Crippen LogP contribution in [0, 0.1) is 0 Å². The third-order valence-corrected chi connectivity index (χ3v) is 3.60. The molecule has 130 valence electrons. The van der Waals surface area contributed by atoms with E-state index in [1.165, 1.54) is 0 Å². The largest absolute Gasteiger partial charge is 0.493 e. The van der Waals surface area contributed by atoms with Gasteiger partial charge in [-0.25, -0.2) is 4.68 Å². The molecule has 1 unspecified atom stereocenters.